The number of benzene rings is 1. The Morgan fingerprint density at radius 3 is 2.39 bits per heavy atom. The molecule has 0 spiro atoms. The number of nitrogens with one attached hydrogen (secondary N) is 2. The number of hydrogen-bond donors (Lipinski definition) is 2. The molecule has 1 unspecified atom stereocenters. The largest absolute Gasteiger partial charge is 0.351 e. The molecule has 0 saturated heterocycles. The van der Waals surface area contributed by atoms with Gasteiger partial charge in [0.2, 0.25) is 5.91 Å². The minimum absolute atomic E-state index is 0.00246. The van der Waals surface area contributed by atoms with Crippen molar-refractivity contribution in [2.45, 2.75) is 89.6 Å². The highest BCUT2D eigenvalue weighted by Gasteiger charge is 2.36. The summed E-state index contributed by atoms with van der Waals surface area (Å²) in [5.41, 5.74) is 3.31. The van der Waals surface area contributed by atoms with E-state index in [0.717, 1.165) is 56.2 Å². The number of carbonyl (C=O) groups excluding carboxylic acids is 2. The van der Waals surface area contributed by atoms with Crippen molar-refractivity contribution in [3.05, 3.63) is 59.7 Å². The predicted octanol–water partition coefficient (Wildman–Crippen LogP) is 5.34. The molecule has 2 aliphatic rings. The molecule has 33 heavy (non-hydrogen) atoms. The van der Waals surface area contributed by atoms with Gasteiger partial charge in [0.25, 0.3) is 5.91 Å². The third kappa shape index (κ3) is 5.37. The molecule has 2 amide bonds. The minimum atomic E-state index is -0.802. The Morgan fingerprint density at radius 1 is 1.09 bits per heavy atom. The number of amides is 2. The fourth-order valence-electron chi connectivity index (χ4n) is 4.87. The zero-order valence-corrected chi connectivity index (χ0v) is 20.1. The minimum Gasteiger partial charge on any atom is -0.351 e. The molecule has 1 saturated carbocycles. The van der Waals surface area contributed by atoms with E-state index in [2.05, 4.69) is 48.2 Å². The number of carbonyl (C=O) groups is 2. The van der Waals surface area contributed by atoms with Crippen LogP contribution >= 0.6 is 0 Å². The summed E-state index contributed by atoms with van der Waals surface area (Å²) in [5, 5.41) is 3.24. The van der Waals surface area contributed by atoms with Crippen LogP contribution in [0.1, 0.15) is 89.4 Å². The predicted molar refractivity (Wildman–Crippen MR) is 131 cm³/mol. The van der Waals surface area contributed by atoms with Gasteiger partial charge < -0.3 is 10.3 Å². The molecule has 176 valence electrons. The molecule has 1 aromatic carbocycles. The second-order valence-electron chi connectivity index (χ2n) is 10.3. The summed E-state index contributed by atoms with van der Waals surface area (Å²) in [7, 11) is 0. The van der Waals surface area contributed by atoms with E-state index in [-0.39, 0.29) is 23.3 Å². The van der Waals surface area contributed by atoms with Crippen LogP contribution in [0.25, 0.3) is 0 Å². The highest BCUT2D eigenvalue weighted by molar-refractivity contribution is 6.09. The van der Waals surface area contributed by atoms with E-state index in [1.54, 1.807) is 17.4 Å². The molecule has 1 atom stereocenters. The van der Waals surface area contributed by atoms with E-state index in [1.807, 2.05) is 18.2 Å². The maximum atomic E-state index is 13.8. The number of imidazole rings is 1. The molecule has 6 heteroatoms. The fourth-order valence-corrected chi connectivity index (χ4v) is 4.87. The second kappa shape index (κ2) is 9.94. The topological polar surface area (TPSA) is 78.1 Å². The lowest BCUT2D eigenvalue weighted by Gasteiger charge is -2.33. The lowest BCUT2D eigenvalue weighted by atomic mass is 9.87. The van der Waals surface area contributed by atoms with Gasteiger partial charge in [0.05, 0.1) is 18.2 Å². The smallest absolute Gasteiger partial charge is 0.254 e. The second-order valence-corrected chi connectivity index (χ2v) is 10.3. The number of aromatic amines is 1. The van der Waals surface area contributed by atoms with Crippen LogP contribution in [-0.4, -0.2) is 27.8 Å². The first-order chi connectivity index (χ1) is 15.8. The van der Waals surface area contributed by atoms with Crippen molar-refractivity contribution >= 4 is 17.5 Å². The molecule has 0 bridgehead atoms. The maximum absolute atomic E-state index is 13.8. The Bertz CT molecular complexity index is 980. The van der Waals surface area contributed by atoms with E-state index >= 15 is 0 Å². The van der Waals surface area contributed by atoms with Crippen molar-refractivity contribution in [2.24, 2.45) is 0 Å². The van der Waals surface area contributed by atoms with Crippen molar-refractivity contribution in [1.82, 2.24) is 15.3 Å². The van der Waals surface area contributed by atoms with Crippen LogP contribution in [0.4, 0.5) is 5.69 Å². The number of allylic oxidation sites excluding steroid dienone is 1. The number of aromatic nitrogens is 2. The highest BCUT2D eigenvalue weighted by Crippen LogP contribution is 2.33. The molecule has 2 aromatic rings. The van der Waals surface area contributed by atoms with Crippen LogP contribution in [0.3, 0.4) is 0 Å². The van der Waals surface area contributed by atoms with Crippen molar-refractivity contribution in [3.63, 3.8) is 0 Å². The Balaban J connectivity index is 1.73. The fraction of sp³-hybridized carbons (Fsp3) is 0.519. The summed E-state index contributed by atoms with van der Waals surface area (Å²) in [6, 6.07) is 7.39. The SMILES string of the molecule is CC(C)(C)c1ccc(N(C(=O)C2=CCCC2)C(C(=O)NC2CCCCC2)c2cnc[nH]2)cc1. The molecular formula is C27H36N4O2. The monoisotopic (exact) mass is 448 g/mol. The summed E-state index contributed by atoms with van der Waals surface area (Å²) in [6.07, 6.45) is 13.3. The third-order valence-electron chi connectivity index (χ3n) is 6.82. The number of hydrogen-bond acceptors (Lipinski definition) is 3. The third-order valence-corrected chi connectivity index (χ3v) is 6.82. The molecule has 1 heterocycles. The van der Waals surface area contributed by atoms with Crippen LogP contribution in [0.2, 0.25) is 0 Å². The van der Waals surface area contributed by atoms with Crippen LogP contribution in [0.5, 0.6) is 0 Å². The first-order valence-electron chi connectivity index (χ1n) is 12.3. The summed E-state index contributed by atoms with van der Waals surface area (Å²) in [5.74, 6) is -0.257. The number of anilines is 1. The van der Waals surface area contributed by atoms with Gasteiger partial charge in [-0.3, -0.25) is 14.5 Å². The highest BCUT2D eigenvalue weighted by atomic mass is 16.2. The maximum Gasteiger partial charge on any atom is 0.254 e. The average molecular weight is 449 g/mol. The lowest BCUT2D eigenvalue weighted by Crippen LogP contribution is -2.47. The van der Waals surface area contributed by atoms with E-state index in [1.165, 1.54) is 12.0 Å². The van der Waals surface area contributed by atoms with Crippen LogP contribution in [-0.2, 0) is 15.0 Å². The zero-order chi connectivity index (χ0) is 23.4. The Morgan fingerprint density at radius 2 is 1.82 bits per heavy atom. The van der Waals surface area contributed by atoms with E-state index in [9.17, 15) is 9.59 Å². The zero-order valence-electron chi connectivity index (χ0n) is 20.1. The van der Waals surface area contributed by atoms with Gasteiger partial charge in [-0.05, 0) is 55.2 Å². The molecule has 0 radical (unpaired) electrons. The van der Waals surface area contributed by atoms with Gasteiger partial charge in [-0.2, -0.15) is 0 Å². The van der Waals surface area contributed by atoms with Crippen LogP contribution < -0.4 is 10.2 Å². The van der Waals surface area contributed by atoms with Gasteiger partial charge in [-0.25, -0.2) is 4.98 Å². The lowest BCUT2D eigenvalue weighted by molar-refractivity contribution is -0.126. The van der Waals surface area contributed by atoms with Gasteiger partial charge in [0.15, 0.2) is 6.04 Å². The Hall–Kier alpha value is -2.89. The van der Waals surface area contributed by atoms with Gasteiger partial charge in [0, 0.05) is 17.3 Å². The normalized spacial score (nSPS) is 18.0. The van der Waals surface area contributed by atoms with Crippen molar-refractivity contribution < 1.29 is 9.59 Å². The van der Waals surface area contributed by atoms with Crippen LogP contribution in [0.15, 0.2) is 48.4 Å². The first kappa shape index (κ1) is 23.3. The summed E-state index contributed by atoms with van der Waals surface area (Å²) in [4.78, 5) is 36.4. The summed E-state index contributed by atoms with van der Waals surface area (Å²) < 4.78 is 0. The van der Waals surface area contributed by atoms with Crippen molar-refractivity contribution in [3.8, 4) is 0 Å². The quantitative estimate of drug-likeness (QED) is 0.626. The molecule has 2 N–H and O–H groups in total. The number of H-pyrrole nitrogens is 1. The van der Waals surface area contributed by atoms with Gasteiger partial charge in [0.1, 0.15) is 0 Å². The Kier molecular flexibility index (Phi) is 7.01. The molecule has 1 aromatic heterocycles. The van der Waals surface area contributed by atoms with E-state index < -0.39 is 6.04 Å². The molecule has 6 nitrogen and oxygen atoms in total. The molecule has 4 rings (SSSR count). The van der Waals surface area contributed by atoms with E-state index in [0.29, 0.717) is 5.69 Å². The van der Waals surface area contributed by atoms with Crippen molar-refractivity contribution in [2.75, 3.05) is 4.90 Å². The molecule has 0 aliphatic heterocycles. The Labute approximate surface area is 196 Å². The average Bonchev–Trinajstić information content (AvgIpc) is 3.51. The summed E-state index contributed by atoms with van der Waals surface area (Å²) in [6.45, 7) is 6.50. The standard InChI is InChI=1S/C27H36N4O2/c1-27(2,3)20-13-15-22(16-14-20)31(26(33)19-9-7-8-10-19)24(23-17-28-18-29-23)25(32)30-21-11-5-4-6-12-21/h9,13-18,21,24H,4-8,10-12H2,1-3H3,(H,28,29)(H,30,32). The summed E-state index contributed by atoms with van der Waals surface area (Å²) >= 11 is 0. The number of nitrogens with zero attached hydrogens (tertiary/aromatic N) is 2. The van der Waals surface area contributed by atoms with Crippen LogP contribution in [0, 0.1) is 0 Å². The van der Waals surface area contributed by atoms with E-state index in [4.69, 9.17) is 0 Å². The van der Waals surface area contributed by atoms with Crippen molar-refractivity contribution in [1.29, 1.82) is 0 Å². The molecular weight excluding hydrogens is 412 g/mol. The first-order valence-corrected chi connectivity index (χ1v) is 12.3. The van der Waals surface area contributed by atoms with Gasteiger partial charge in [-0.15, -0.1) is 0 Å². The van der Waals surface area contributed by atoms with Gasteiger partial charge >= 0.3 is 0 Å². The van der Waals surface area contributed by atoms with Gasteiger partial charge in [-0.1, -0.05) is 58.2 Å². The molecule has 2 aliphatic carbocycles. The number of rotatable bonds is 6. The molecule has 1 fully saturated rings.